The normalized spacial score (nSPS) is 10.8. The van der Waals surface area contributed by atoms with E-state index in [4.69, 9.17) is 4.42 Å². The first-order valence-electron chi connectivity index (χ1n) is 7.33. The number of hydrogen-bond donors (Lipinski definition) is 1. The van der Waals surface area contributed by atoms with E-state index in [9.17, 15) is 4.79 Å². The van der Waals surface area contributed by atoms with Crippen LogP contribution in [0.4, 0.5) is 5.69 Å². The van der Waals surface area contributed by atoms with E-state index >= 15 is 0 Å². The molecule has 3 aromatic rings. The Morgan fingerprint density at radius 2 is 2.04 bits per heavy atom. The van der Waals surface area contributed by atoms with Crippen LogP contribution in [0.3, 0.4) is 0 Å². The molecule has 0 unspecified atom stereocenters. The van der Waals surface area contributed by atoms with Crippen LogP contribution in [-0.4, -0.2) is 25.7 Å². The van der Waals surface area contributed by atoms with Gasteiger partial charge in [0.2, 0.25) is 0 Å². The van der Waals surface area contributed by atoms with Gasteiger partial charge in [0.05, 0.1) is 17.6 Å². The molecule has 0 saturated carbocycles. The Kier molecular flexibility index (Phi) is 4.66. The third-order valence-electron chi connectivity index (χ3n) is 3.15. The molecule has 7 nitrogen and oxygen atoms in total. The van der Waals surface area contributed by atoms with Crippen LogP contribution in [0, 0.1) is 13.8 Å². The first-order valence-corrected chi connectivity index (χ1v) is 8.32. The average Bonchev–Trinajstić information content (AvgIpc) is 3.13. The quantitative estimate of drug-likeness (QED) is 0.566. The van der Waals surface area contributed by atoms with Gasteiger partial charge in [-0.3, -0.25) is 9.48 Å². The van der Waals surface area contributed by atoms with Gasteiger partial charge in [-0.2, -0.15) is 5.10 Å². The summed E-state index contributed by atoms with van der Waals surface area (Å²) in [5.41, 5.74) is 2.49. The van der Waals surface area contributed by atoms with Crippen molar-refractivity contribution in [3.05, 3.63) is 53.5 Å². The highest BCUT2D eigenvalue weighted by Crippen LogP contribution is 2.22. The maximum atomic E-state index is 12.1. The molecule has 0 radical (unpaired) electrons. The van der Waals surface area contributed by atoms with Crippen molar-refractivity contribution in [3.8, 4) is 0 Å². The Labute approximate surface area is 143 Å². The van der Waals surface area contributed by atoms with Crippen molar-refractivity contribution in [2.45, 2.75) is 24.8 Å². The van der Waals surface area contributed by atoms with Gasteiger partial charge in [-0.05, 0) is 32.0 Å². The lowest BCUT2D eigenvalue weighted by atomic mass is 10.4. The van der Waals surface area contributed by atoms with Gasteiger partial charge in [0.15, 0.2) is 10.9 Å². The number of hydrogen-bond acceptors (Lipinski definition) is 6. The molecule has 0 aliphatic carbocycles. The van der Waals surface area contributed by atoms with E-state index < -0.39 is 0 Å². The molecular weight excluding hydrogens is 326 g/mol. The molecule has 3 heterocycles. The maximum absolute atomic E-state index is 12.1. The Bertz CT molecular complexity index is 851. The molecular formula is C16H17N5O2S. The summed E-state index contributed by atoms with van der Waals surface area (Å²) < 4.78 is 7.21. The molecule has 0 fully saturated rings. The molecule has 3 rings (SSSR count). The third kappa shape index (κ3) is 4.02. The van der Waals surface area contributed by atoms with Crippen LogP contribution < -0.4 is 5.32 Å². The molecule has 8 heteroatoms. The summed E-state index contributed by atoms with van der Waals surface area (Å²) in [4.78, 5) is 20.9. The van der Waals surface area contributed by atoms with Crippen LogP contribution in [0.2, 0.25) is 0 Å². The summed E-state index contributed by atoms with van der Waals surface area (Å²) in [5.74, 6) is 1.21. The van der Waals surface area contributed by atoms with E-state index in [0.29, 0.717) is 22.4 Å². The summed E-state index contributed by atoms with van der Waals surface area (Å²) in [6, 6.07) is 5.37. The maximum Gasteiger partial charge on any atom is 0.291 e. The van der Waals surface area contributed by atoms with Crippen LogP contribution in [0.15, 0.2) is 40.2 Å². The van der Waals surface area contributed by atoms with Gasteiger partial charge in [-0.1, -0.05) is 11.8 Å². The van der Waals surface area contributed by atoms with Crippen molar-refractivity contribution in [3.63, 3.8) is 0 Å². The van der Waals surface area contributed by atoms with E-state index in [-0.39, 0.29) is 11.7 Å². The zero-order valence-corrected chi connectivity index (χ0v) is 14.4. The fourth-order valence-corrected chi connectivity index (χ4v) is 2.99. The molecule has 0 aliphatic heterocycles. The fraction of sp³-hybridized carbons (Fsp3) is 0.250. The second-order valence-corrected chi connectivity index (χ2v) is 6.29. The molecule has 1 amide bonds. The molecule has 0 saturated heterocycles. The monoisotopic (exact) mass is 343 g/mol. The highest BCUT2D eigenvalue weighted by atomic mass is 32.2. The van der Waals surface area contributed by atoms with Crippen molar-refractivity contribution in [1.29, 1.82) is 0 Å². The standard InChI is InChI=1S/C16H17N5O2S/c1-10-6-11(2)19-16(18-10)24-9-13-4-5-14(23-13)15(22)20-12-7-17-21(3)8-12/h4-8H,9H2,1-3H3,(H,20,22). The van der Waals surface area contributed by atoms with E-state index in [1.54, 1.807) is 36.3 Å². The number of nitrogens with one attached hydrogen (secondary N) is 1. The zero-order valence-electron chi connectivity index (χ0n) is 13.6. The summed E-state index contributed by atoms with van der Waals surface area (Å²) in [6.07, 6.45) is 3.30. The van der Waals surface area contributed by atoms with Gasteiger partial charge in [0.25, 0.3) is 5.91 Å². The second kappa shape index (κ2) is 6.88. The largest absolute Gasteiger partial charge is 0.455 e. The molecule has 3 aromatic heterocycles. The van der Waals surface area contributed by atoms with Crippen molar-refractivity contribution >= 4 is 23.4 Å². The predicted molar refractivity (Wildman–Crippen MR) is 90.9 cm³/mol. The van der Waals surface area contributed by atoms with Gasteiger partial charge < -0.3 is 9.73 Å². The molecule has 124 valence electrons. The number of thioether (sulfide) groups is 1. The molecule has 0 aliphatic rings. The number of amides is 1. The van der Waals surface area contributed by atoms with Gasteiger partial charge in [-0.25, -0.2) is 9.97 Å². The van der Waals surface area contributed by atoms with Crippen LogP contribution in [-0.2, 0) is 12.8 Å². The van der Waals surface area contributed by atoms with Crippen LogP contribution in [0.1, 0.15) is 27.7 Å². The van der Waals surface area contributed by atoms with Crippen LogP contribution in [0.5, 0.6) is 0 Å². The van der Waals surface area contributed by atoms with E-state index in [2.05, 4.69) is 20.4 Å². The van der Waals surface area contributed by atoms with Gasteiger partial charge in [0.1, 0.15) is 5.76 Å². The number of furan rings is 1. The number of rotatable bonds is 5. The number of nitrogens with zero attached hydrogens (tertiary/aromatic N) is 4. The van der Waals surface area contributed by atoms with Gasteiger partial charge in [-0.15, -0.1) is 0 Å². The van der Waals surface area contributed by atoms with E-state index in [1.807, 2.05) is 19.9 Å². The Balaban J connectivity index is 1.61. The lowest BCUT2D eigenvalue weighted by molar-refractivity contribution is 0.0995. The first kappa shape index (κ1) is 16.3. The first-order chi connectivity index (χ1) is 11.5. The Hall–Kier alpha value is -2.61. The summed E-state index contributed by atoms with van der Waals surface area (Å²) in [5, 5.41) is 7.43. The summed E-state index contributed by atoms with van der Waals surface area (Å²) in [7, 11) is 1.78. The number of carbonyl (C=O) groups excluding carboxylic acids is 1. The molecule has 0 atom stereocenters. The number of aryl methyl sites for hydroxylation is 3. The smallest absolute Gasteiger partial charge is 0.291 e. The number of aromatic nitrogens is 4. The summed E-state index contributed by atoms with van der Waals surface area (Å²) in [6.45, 7) is 3.87. The van der Waals surface area contributed by atoms with Crippen molar-refractivity contribution in [2.75, 3.05) is 5.32 Å². The minimum absolute atomic E-state index is 0.260. The number of anilines is 1. The van der Waals surface area contributed by atoms with E-state index in [1.165, 1.54) is 11.8 Å². The van der Waals surface area contributed by atoms with Gasteiger partial charge in [0, 0.05) is 24.6 Å². The molecule has 0 bridgehead atoms. The third-order valence-corrected chi connectivity index (χ3v) is 4.02. The summed E-state index contributed by atoms with van der Waals surface area (Å²) >= 11 is 1.47. The minimum atomic E-state index is -0.304. The number of carbonyl (C=O) groups is 1. The second-order valence-electron chi connectivity index (χ2n) is 5.34. The van der Waals surface area contributed by atoms with E-state index in [0.717, 1.165) is 11.4 Å². The molecule has 24 heavy (non-hydrogen) atoms. The lowest BCUT2D eigenvalue weighted by Crippen LogP contribution is -2.10. The van der Waals surface area contributed by atoms with Crippen LogP contribution in [0.25, 0.3) is 0 Å². The van der Waals surface area contributed by atoms with Gasteiger partial charge >= 0.3 is 0 Å². The van der Waals surface area contributed by atoms with Crippen molar-refractivity contribution in [2.24, 2.45) is 7.05 Å². The highest BCUT2D eigenvalue weighted by molar-refractivity contribution is 7.98. The predicted octanol–water partition coefficient (Wildman–Crippen LogP) is 2.96. The Morgan fingerprint density at radius 1 is 1.29 bits per heavy atom. The highest BCUT2D eigenvalue weighted by Gasteiger charge is 2.13. The average molecular weight is 343 g/mol. The Morgan fingerprint density at radius 3 is 2.71 bits per heavy atom. The molecule has 1 N–H and O–H groups in total. The zero-order chi connectivity index (χ0) is 17.1. The molecule has 0 spiro atoms. The SMILES string of the molecule is Cc1cc(C)nc(SCc2ccc(C(=O)Nc3cnn(C)c3)o2)n1. The topological polar surface area (TPSA) is 85.8 Å². The van der Waals surface area contributed by atoms with Crippen LogP contribution >= 0.6 is 11.8 Å². The minimum Gasteiger partial charge on any atom is -0.455 e. The van der Waals surface area contributed by atoms with Crippen molar-refractivity contribution < 1.29 is 9.21 Å². The molecule has 0 aromatic carbocycles. The fourth-order valence-electron chi connectivity index (χ4n) is 2.15. The lowest BCUT2D eigenvalue weighted by Gasteiger charge is -2.02. The van der Waals surface area contributed by atoms with Crippen molar-refractivity contribution in [1.82, 2.24) is 19.7 Å².